The lowest BCUT2D eigenvalue weighted by Crippen LogP contribution is -2.25. The van der Waals surface area contributed by atoms with Gasteiger partial charge in [0.15, 0.2) is 29.9 Å². The van der Waals surface area contributed by atoms with Crippen LogP contribution in [-0.2, 0) is 14.0 Å². The van der Waals surface area contributed by atoms with Crippen LogP contribution >= 0.6 is 29.7 Å². The number of nitrogens with zero attached hydrogens (tertiary/aromatic N) is 4. The summed E-state index contributed by atoms with van der Waals surface area (Å²) in [5.74, 6) is 0.311. The highest BCUT2D eigenvalue weighted by Gasteiger charge is 2.46. The fourth-order valence-corrected chi connectivity index (χ4v) is 3.81. The summed E-state index contributed by atoms with van der Waals surface area (Å²) in [5, 5.41) is 0. The van der Waals surface area contributed by atoms with Gasteiger partial charge in [0.05, 0.1) is 17.4 Å². The third-order valence-electron chi connectivity index (χ3n) is 4.08. The largest absolute Gasteiger partial charge is 0.479 e. The molecule has 0 radical (unpaired) electrons. The third kappa shape index (κ3) is 3.67. The molecule has 0 N–H and O–H groups in total. The number of imidazole rings is 1. The van der Waals surface area contributed by atoms with Crippen LogP contribution in [0.3, 0.4) is 0 Å². The normalized spacial score (nSPS) is 29.0. The molecule has 1 unspecified atom stereocenters. The van der Waals surface area contributed by atoms with Gasteiger partial charge in [-0.15, -0.1) is 0 Å². The van der Waals surface area contributed by atoms with Gasteiger partial charge in [-0.1, -0.05) is 29.5 Å². The number of halogens is 2. The number of fused-ring (bicyclic) bond motifs is 1. The van der Waals surface area contributed by atoms with E-state index in [1.807, 2.05) is 29.5 Å². The minimum Gasteiger partial charge on any atom is -0.479 e. The third-order valence-corrected chi connectivity index (χ3v) is 7.39. The SMILES string of the molecule is CCP(C)(=O)CO[C@H]1O[C@@H](n2cnc3c(OC)ncnc32)[C@@H](F)[C@@H]1I. The monoisotopic (exact) mass is 484 g/mol. The van der Waals surface area contributed by atoms with E-state index in [4.69, 9.17) is 14.2 Å². The van der Waals surface area contributed by atoms with E-state index in [0.29, 0.717) is 23.2 Å². The van der Waals surface area contributed by atoms with E-state index in [0.717, 1.165) is 0 Å². The van der Waals surface area contributed by atoms with Crippen molar-refractivity contribution in [2.75, 3.05) is 26.3 Å². The first-order chi connectivity index (χ1) is 11.9. The van der Waals surface area contributed by atoms with E-state index in [-0.39, 0.29) is 6.35 Å². The first-order valence-corrected chi connectivity index (χ1v) is 11.5. The first kappa shape index (κ1) is 18.9. The zero-order valence-electron chi connectivity index (χ0n) is 14.0. The van der Waals surface area contributed by atoms with Crippen molar-refractivity contribution in [2.24, 2.45) is 0 Å². The molecule has 2 aromatic heterocycles. The average Bonchev–Trinajstić information content (AvgIpc) is 3.15. The van der Waals surface area contributed by atoms with Crippen LogP contribution in [0.25, 0.3) is 11.2 Å². The molecule has 0 bridgehead atoms. The highest BCUT2D eigenvalue weighted by molar-refractivity contribution is 14.1. The molecule has 0 saturated carbocycles. The van der Waals surface area contributed by atoms with Crippen LogP contribution in [0.4, 0.5) is 4.39 Å². The number of alkyl halides is 2. The molecular formula is C14H19FIN4O4P. The number of methoxy groups -OCH3 is 1. The van der Waals surface area contributed by atoms with Gasteiger partial charge in [0, 0.05) is 0 Å². The number of rotatable bonds is 6. The van der Waals surface area contributed by atoms with E-state index < -0.39 is 29.8 Å². The highest BCUT2D eigenvalue weighted by Crippen LogP contribution is 2.44. The van der Waals surface area contributed by atoms with Gasteiger partial charge in [0.25, 0.3) is 0 Å². The fourth-order valence-electron chi connectivity index (χ4n) is 2.43. The molecule has 1 aliphatic heterocycles. The molecule has 3 heterocycles. The van der Waals surface area contributed by atoms with E-state index >= 15 is 0 Å². The Kier molecular flexibility index (Phi) is 5.62. The zero-order chi connectivity index (χ0) is 18.2. The minimum atomic E-state index is -2.39. The quantitative estimate of drug-likeness (QED) is 0.354. The molecule has 8 nitrogen and oxygen atoms in total. The van der Waals surface area contributed by atoms with Crippen molar-refractivity contribution in [3.05, 3.63) is 12.7 Å². The standard InChI is InChI=1S/C14H19FIN4O4P/c1-4-25(3,21)7-23-14-9(16)8(15)13(24-14)20-6-19-10-11(20)17-5-18-12(10)22-2/h5-6,8-9,13-14H,4,7H2,1-3H3/t8-,9-,13+,14-,25?/m0/s1. The number of hydrogen-bond acceptors (Lipinski definition) is 7. The molecule has 0 aromatic carbocycles. The molecule has 138 valence electrons. The summed E-state index contributed by atoms with van der Waals surface area (Å²) in [5.41, 5.74) is 0.845. The maximum atomic E-state index is 14.8. The van der Waals surface area contributed by atoms with Crippen LogP contribution in [0.1, 0.15) is 13.2 Å². The summed E-state index contributed by atoms with van der Waals surface area (Å²) in [7, 11) is -0.908. The van der Waals surface area contributed by atoms with Crippen molar-refractivity contribution in [1.82, 2.24) is 19.5 Å². The number of hydrogen-bond donors (Lipinski definition) is 0. The van der Waals surface area contributed by atoms with Gasteiger partial charge in [-0.25, -0.2) is 14.4 Å². The van der Waals surface area contributed by atoms with Gasteiger partial charge < -0.3 is 18.8 Å². The Balaban J connectivity index is 1.83. The average molecular weight is 484 g/mol. The van der Waals surface area contributed by atoms with Crippen molar-refractivity contribution < 1.29 is 23.2 Å². The van der Waals surface area contributed by atoms with Crippen LogP contribution in [0.15, 0.2) is 12.7 Å². The smallest absolute Gasteiger partial charge is 0.245 e. The highest BCUT2D eigenvalue weighted by atomic mass is 127. The van der Waals surface area contributed by atoms with Gasteiger partial charge in [-0.2, -0.15) is 4.98 Å². The molecule has 0 amide bonds. The first-order valence-electron chi connectivity index (χ1n) is 7.70. The number of aromatic nitrogens is 4. The Hall–Kier alpha value is -0.840. The van der Waals surface area contributed by atoms with Gasteiger partial charge >= 0.3 is 0 Å². The maximum Gasteiger partial charge on any atom is 0.245 e. The lowest BCUT2D eigenvalue weighted by atomic mass is 10.3. The van der Waals surface area contributed by atoms with Crippen molar-refractivity contribution >= 4 is 40.9 Å². The van der Waals surface area contributed by atoms with Gasteiger partial charge in [0.2, 0.25) is 5.88 Å². The molecule has 1 aliphatic rings. The zero-order valence-corrected chi connectivity index (χ0v) is 17.1. The maximum absolute atomic E-state index is 14.8. The Labute approximate surface area is 158 Å². The summed E-state index contributed by atoms with van der Waals surface area (Å²) in [6.45, 7) is 3.51. The fraction of sp³-hybridized carbons (Fsp3) is 0.643. The van der Waals surface area contributed by atoms with E-state index in [2.05, 4.69) is 15.0 Å². The molecule has 0 spiro atoms. The second-order valence-corrected chi connectivity index (χ2v) is 10.8. The van der Waals surface area contributed by atoms with E-state index in [1.165, 1.54) is 24.3 Å². The Morgan fingerprint density at radius 2 is 2.20 bits per heavy atom. The van der Waals surface area contributed by atoms with Crippen LogP contribution in [0.5, 0.6) is 5.88 Å². The summed E-state index contributed by atoms with van der Waals surface area (Å²) in [4.78, 5) is 12.3. The molecule has 2 aromatic rings. The van der Waals surface area contributed by atoms with Crippen LogP contribution in [0.2, 0.25) is 0 Å². The summed E-state index contributed by atoms with van der Waals surface area (Å²) < 4.78 is 44.4. The lowest BCUT2D eigenvalue weighted by Gasteiger charge is -2.18. The van der Waals surface area contributed by atoms with Crippen molar-refractivity contribution in [3.63, 3.8) is 0 Å². The molecule has 1 fully saturated rings. The number of ether oxygens (including phenoxy) is 3. The molecule has 11 heteroatoms. The van der Waals surface area contributed by atoms with Gasteiger partial charge in [-0.05, 0) is 12.8 Å². The molecule has 5 atom stereocenters. The van der Waals surface area contributed by atoms with E-state index in [9.17, 15) is 8.96 Å². The minimum absolute atomic E-state index is 0.0633. The predicted octanol–water partition coefficient (Wildman–Crippen LogP) is 2.82. The van der Waals surface area contributed by atoms with Crippen molar-refractivity contribution in [2.45, 2.75) is 29.5 Å². The molecule has 25 heavy (non-hydrogen) atoms. The summed E-state index contributed by atoms with van der Waals surface area (Å²) >= 11 is 1.96. The van der Waals surface area contributed by atoms with E-state index in [1.54, 1.807) is 6.66 Å². The summed E-state index contributed by atoms with van der Waals surface area (Å²) in [6.07, 6.45) is 0.302. The molecule has 0 aliphatic carbocycles. The molecule has 1 saturated heterocycles. The second kappa shape index (κ2) is 7.42. The summed E-state index contributed by atoms with van der Waals surface area (Å²) in [6, 6.07) is 0. The van der Waals surface area contributed by atoms with Crippen LogP contribution in [-0.4, -0.2) is 62.2 Å². The Morgan fingerprint density at radius 1 is 1.44 bits per heavy atom. The Morgan fingerprint density at radius 3 is 2.88 bits per heavy atom. The van der Waals surface area contributed by atoms with Crippen molar-refractivity contribution in [1.29, 1.82) is 0 Å². The van der Waals surface area contributed by atoms with Crippen LogP contribution < -0.4 is 4.74 Å². The predicted molar refractivity (Wildman–Crippen MR) is 98.5 cm³/mol. The van der Waals surface area contributed by atoms with Gasteiger partial charge in [0.1, 0.15) is 19.8 Å². The second-order valence-electron chi connectivity index (χ2n) is 5.90. The van der Waals surface area contributed by atoms with Crippen molar-refractivity contribution in [3.8, 4) is 5.88 Å². The van der Waals surface area contributed by atoms with Crippen LogP contribution in [0, 0.1) is 0 Å². The molecular weight excluding hydrogens is 465 g/mol. The molecule has 3 rings (SSSR count). The lowest BCUT2D eigenvalue weighted by molar-refractivity contribution is -0.138. The Bertz CT molecular complexity index is 806. The van der Waals surface area contributed by atoms with Gasteiger partial charge in [-0.3, -0.25) is 4.57 Å². The topological polar surface area (TPSA) is 88.4 Å².